The van der Waals surface area contributed by atoms with Gasteiger partial charge in [-0.25, -0.2) is 0 Å². The van der Waals surface area contributed by atoms with Crippen LogP contribution in [-0.2, 0) is 0 Å². The number of nitrogens with zero attached hydrogens (tertiary/aromatic N) is 2. The predicted octanol–water partition coefficient (Wildman–Crippen LogP) is 2.70. The maximum Gasteiger partial charge on any atom is 0.121 e. The van der Waals surface area contributed by atoms with Crippen LogP contribution >= 0.6 is 0 Å². The molecule has 2 aromatic rings. The normalized spacial score (nSPS) is 12.8. The lowest BCUT2D eigenvalue weighted by Crippen LogP contribution is -2.31. The molecule has 0 saturated heterocycles. The molecule has 22 heavy (non-hydrogen) atoms. The van der Waals surface area contributed by atoms with E-state index in [0.29, 0.717) is 13.1 Å². The van der Waals surface area contributed by atoms with E-state index < -0.39 is 0 Å². The molecule has 110 valence electrons. The topological polar surface area (TPSA) is 71.6 Å². The van der Waals surface area contributed by atoms with Gasteiger partial charge in [-0.2, -0.15) is 10.5 Å². The molecule has 0 bridgehead atoms. The van der Waals surface area contributed by atoms with E-state index in [9.17, 15) is 10.5 Å². The Morgan fingerprint density at radius 2 is 1.05 bits per heavy atom. The third-order valence-corrected chi connectivity index (χ3v) is 3.35. The lowest BCUT2D eigenvalue weighted by molar-refractivity contribution is 0.558. The molecule has 0 unspecified atom stereocenters. The molecule has 2 rings (SSSR count). The average Bonchev–Trinajstić information content (AvgIpc) is 2.60. The molecule has 2 atom stereocenters. The summed E-state index contributed by atoms with van der Waals surface area (Å²) in [5.41, 5.74) is 1.90. The Hall–Kier alpha value is -2.66. The average molecular weight is 290 g/mol. The number of hydrogen-bond acceptors (Lipinski definition) is 4. The maximum atomic E-state index is 9.23. The summed E-state index contributed by atoms with van der Waals surface area (Å²) in [4.78, 5) is 0. The zero-order valence-corrected chi connectivity index (χ0v) is 12.2. The van der Waals surface area contributed by atoms with Gasteiger partial charge in [-0.1, -0.05) is 60.7 Å². The Morgan fingerprint density at radius 3 is 1.36 bits per heavy atom. The highest BCUT2D eigenvalue weighted by Gasteiger charge is 2.11. The van der Waals surface area contributed by atoms with E-state index in [1.54, 1.807) is 0 Å². The van der Waals surface area contributed by atoms with Gasteiger partial charge < -0.3 is 0 Å². The molecule has 0 aromatic heterocycles. The number of nitriles is 2. The molecule has 0 amide bonds. The fourth-order valence-electron chi connectivity index (χ4n) is 2.20. The van der Waals surface area contributed by atoms with Crippen LogP contribution in [0.5, 0.6) is 0 Å². The van der Waals surface area contributed by atoms with Crippen LogP contribution in [0.1, 0.15) is 23.2 Å². The highest BCUT2D eigenvalue weighted by Crippen LogP contribution is 2.12. The van der Waals surface area contributed by atoms with Crippen LogP contribution in [0.15, 0.2) is 60.7 Å². The lowest BCUT2D eigenvalue weighted by Gasteiger charge is -2.14. The molecular formula is C18H18N4. The summed E-state index contributed by atoms with van der Waals surface area (Å²) < 4.78 is 0. The predicted molar refractivity (Wildman–Crippen MR) is 85.6 cm³/mol. The minimum absolute atomic E-state index is 0.333. The maximum absolute atomic E-state index is 9.23. The van der Waals surface area contributed by atoms with Gasteiger partial charge >= 0.3 is 0 Å². The second-order valence-electron chi connectivity index (χ2n) is 4.85. The highest BCUT2D eigenvalue weighted by atomic mass is 15.0. The van der Waals surface area contributed by atoms with Crippen molar-refractivity contribution >= 4 is 0 Å². The summed E-state index contributed by atoms with van der Waals surface area (Å²) in [5.74, 6) is 0. The largest absolute Gasteiger partial charge is 0.297 e. The molecule has 4 heteroatoms. The Labute approximate surface area is 131 Å². The summed E-state index contributed by atoms with van der Waals surface area (Å²) in [6.45, 7) is 1.22. The minimum atomic E-state index is -0.333. The first-order valence-electron chi connectivity index (χ1n) is 7.21. The first-order chi connectivity index (χ1) is 10.8. The van der Waals surface area contributed by atoms with Crippen LogP contribution in [0, 0.1) is 22.7 Å². The standard InChI is InChI=1S/C18H18N4/c19-13-17(15-7-3-1-4-8-15)21-11-12-22-18(14-20)16-9-5-2-6-10-16/h1-10,17-18,21-22H,11-12H2/t17-,18+. The second-order valence-corrected chi connectivity index (χ2v) is 4.85. The van der Waals surface area contributed by atoms with Gasteiger partial charge in [0.1, 0.15) is 12.1 Å². The van der Waals surface area contributed by atoms with Crippen LogP contribution in [-0.4, -0.2) is 13.1 Å². The van der Waals surface area contributed by atoms with Gasteiger partial charge in [-0.15, -0.1) is 0 Å². The third kappa shape index (κ3) is 4.43. The molecule has 0 aliphatic heterocycles. The van der Waals surface area contributed by atoms with Crippen molar-refractivity contribution in [1.82, 2.24) is 10.6 Å². The van der Waals surface area contributed by atoms with Crippen molar-refractivity contribution in [3.05, 3.63) is 71.8 Å². The fourth-order valence-corrected chi connectivity index (χ4v) is 2.20. The van der Waals surface area contributed by atoms with Crippen molar-refractivity contribution in [2.24, 2.45) is 0 Å². The number of benzene rings is 2. The molecule has 0 aliphatic rings. The summed E-state index contributed by atoms with van der Waals surface area (Å²) in [7, 11) is 0. The van der Waals surface area contributed by atoms with Crippen molar-refractivity contribution in [1.29, 1.82) is 10.5 Å². The molecule has 0 fully saturated rings. The van der Waals surface area contributed by atoms with Crippen molar-refractivity contribution in [2.45, 2.75) is 12.1 Å². The Bertz CT molecular complexity index is 581. The molecule has 0 spiro atoms. The van der Waals surface area contributed by atoms with Gasteiger partial charge in [-0.3, -0.25) is 10.6 Å². The van der Waals surface area contributed by atoms with E-state index in [1.165, 1.54) is 0 Å². The molecule has 4 nitrogen and oxygen atoms in total. The number of nitrogens with one attached hydrogen (secondary N) is 2. The van der Waals surface area contributed by atoms with Gasteiger partial charge in [0.15, 0.2) is 0 Å². The van der Waals surface area contributed by atoms with Crippen molar-refractivity contribution < 1.29 is 0 Å². The molecule has 2 aromatic carbocycles. The second kappa shape index (κ2) is 8.59. The fraction of sp³-hybridized carbons (Fsp3) is 0.222. The summed E-state index contributed by atoms with van der Waals surface area (Å²) in [6.07, 6.45) is 0. The van der Waals surface area contributed by atoms with Crippen molar-refractivity contribution in [2.75, 3.05) is 13.1 Å². The van der Waals surface area contributed by atoms with Crippen molar-refractivity contribution in [3.8, 4) is 12.1 Å². The summed E-state index contributed by atoms with van der Waals surface area (Å²) in [6, 6.07) is 23.1. The Balaban J connectivity index is 1.81. The smallest absolute Gasteiger partial charge is 0.121 e. The zero-order chi connectivity index (χ0) is 15.6. The quantitative estimate of drug-likeness (QED) is 0.769. The van der Waals surface area contributed by atoms with Crippen LogP contribution in [0.3, 0.4) is 0 Å². The molecule has 0 radical (unpaired) electrons. The molecule has 0 heterocycles. The number of rotatable bonds is 7. The Kier molecular flexibility index (Phi) is 6.14. The number of hydrogen-bond donors (Lipinski definition) is 2. The highest BCUT2D eigenvalue weighted by molar-refractivity contribution is 5.24. The monoisotopic (exact) mass is 290 g/mol. The van der Waals surface area contributed by atoms with Crippen LogP contribution in [0.2, 0.25) is 0 Å². The molecule has 0 aliphatic carbocycles. The van der Waals surface area contributed by atoms with Crippen LogP contribution in [0.4, 0.5) is 0 Å². The molecule has 0 saturated carbocycles. The van der Waals surface area contributed by atoms with Gasteiger partial charge in [0.2, 0.25) is 0 Å². The molecule has 2 N–H and O–H groups in total. The van der Waals surface area contributed by atoms with E-state index in [1.807, 2.05) is 60.7 Å². The first-order valence-corrected chi connectivity index (χ1v) is 7.21. The van der Waals surface area contributed by atoms with E-state index in [-0.39, 0.29) is 12.1 Å². The minimum Gasteiger partial charge on any atom is -0.297 e. The lowest BCUT2D eigenvalue weighted by atomic mass is 10.1. The SMILES string of the molecule is N#C[C@H](NCCN[C@H](C#N)c1ccccc1)c1ccccc1. The van der Waals surface area contributed by atoms with E-state index in [2.05, 4.69) is 22.8 Å². The van der Waals surface area contributed by atoms with E-state index >= 15 is 0 Å². The van der Waals surface area contributed by atoms with Gasteiger partial charge in [-0.05, 0) is 11.1 Å². The third-order valence-electron chi connectivity index (χ3n) is 3.35. The van der Waals surface area contributed by atoms with Crippen LogP contribution in [0.25, 0.3) is 0 Å². The van der Waals surface area contributed by atoms with E-state index in [4.69, 9.17) is 0 Å². The first kappa shape index (κ1) is 15.7. The van der Waals surface area contributed by atoms with E-state index in [0.717, 1.165) is 11.1 Å². The Morgan fingerprint density at radius 1 is 0.682 bits per heavy atom. The summed E-state index contributed by atoms with van der Waals surface area (Å²) >= 11 is 0. The molecular weight excluding hydrogens is 272 g/mol. The van der Waals surface area contributed by atoms with Gasteiger partial charge in [0, 0.05) is 13.1 Å². The van der Waals surface area contributed by atoms with Crippen molar-refractivity contribution in [3.63, 3.8) is 0 Å². The van der Waals surface area contributed by atoms with Crippen LogP contribution < -0.4 is 10.6 Å². The van der Waals surface area contributed by atoms with Gasteiger partial charge in [0.05, 0.1) is 12.1 Å². The van der Waals surface area contributed by atoms with Gasteiger partial charge in [0.25, 0.3) is 0 Å². The summed E-state index contributed by atoms with van der Waals surface area (Å²) in [5, 5.41) is 24.8. The zero-order valence-electron chi connectivity index (χ0n) is 12.2.